The van der Waals surface area contributed by atoms with E-state index in [0.29, 0.717) is 33.8 Å². The van der Waals surface area contributed by atoms with Gasteiger partial charge in [0.15, 0.2) is 5.60 Å². The van der Waals surface area contributed by atoms with Gasteiger partial charge in [-0.2, -0.15) is 0 Å². The van der Waals surface area contributed by atoms with Gasteiger partial charge >= 0.3 is 5.97 Å². The van der Waals surface area contributed by atoms with Crippen molar-refractivity contribution in [2.75, 3.05) is 0 Å². The minimum atomic E-state index is -1.34. The Hall–Kier alpha value is -3.93. The molecule has 6 nitrogen and oxygen atoms in total. The zero-order valence-corrected chi connectivity index (χ0v) is 15.4. The van der Waals surface area contributed by atoms with Gasteiger partial charge in [-0.1, -0.05) is 24.3 Å². The Labute approximate surface area is 166 Å². The van der Waals surface area contributed by atoms with Crippen molar-refractivity contribution in [2.45, 2.75) is 12.5 Å². The van der Waals surface area contributed by atoms with E-state index in [0.717, 1.165) is 0 Å². The smallest absolute Gasteiger partial charge is 0.340 e. The number of esters is 1. The van der Waals surface area contributed by atoms with Crippen LogP contribution in [0.2, 0.25) is 0 Å². The van der Waals surface area contributed by atoms with Crippen LogP contribution < -0.4 is 9.47 Å². The largest absolute Gasteiger partial charge is 0.508 e. The standard InChI is InChI=1S/C23H16O6/c1-2-9-27-19-11-14(25)12-20-21(19)23(17-8-7-13(24)10-18(17)28-20)16-6-4-3-5-15(16)22(26)29-23/h2-12,24-25H,1H3/b9-2+. The Morgan fingerprint density at radius 1 is 0.966 bits per heavy atom. The van der Waals surface area contributed by atoms with Crippen LogP contribution in [0.3, 0.4) is 0 Å². The van der Waals surface area contributed by atoms with E-state index >= 15 is 0 Å². The fourth-order valence-corrected chi connectivity index (χ4v) is 3.98. The monoisotopic (exact) mass is 388 g/mol. The van der Waals surface area contributed by atoms with Gasteiger partial charge in [-0.25, -0.2) is 4.79 Å². The first-order chi connectivity index (χ1) is 14.0. The fraction of sp³-hybridized carbons (Fsp3) is 0.0870. The summed E-state index contributed by atoms with van der Waals surface area (Å²) in [6, 6.07) is 14.6. The van der Waals surface area contributed by atoms with Crippen molar-refractivity contribution in [3.05, 3.63) is 89.2 Å². The van der Waals surface area contributed by atoms with Crippen molar-refractivity contribution < 1.29 is 29.2 Å². The molecule has 2 heterocycles. The molecule has 0 saturated heterocycles. The highest BCUT2D eigenvalue weighted by Crippen LogP contribution is 2.59. The van der Waals surface area contributed by atoms with Crippen LogP contribution in [0.15, 0.2) is 66.9 Å². The molecule has 0 saturated carbocycles. The predicted molar refractivity (Wildman–Crippen MR) is 103 cm³/mol. The first kappa shape index (κ1) is 17.2. The van der Waals surface area contributed by atoms with Crippen molar-refractivity contribution >= 4 is 5.97 Å². The van der Waals surface area contributed by atoms with Crippen molar-refractivity contribution in [1.82, 2.24) is 0 Å². The van der Waals surface area contributed by atoms with E-state index in [2.05, 4.69) is 0 Å². The number of carbonyl (C=O) groups excluding carboxylic acids is 1. The number of allylic oxidation sites excluding steroid dienone is 1. The number of hydrogen-bond acceptors (Lipinski definition) is 6. The third-order valence-corrected chi connectivity index (χ3v) is 5.07. The summed E-state index contributed by atoms with van der Waals surface area (Å²) in [6.07, 6.45) is 3.17. The minimum Gasteiger partial charge on any atom is -0.508 e. The van der Waals surface area contributed by atoms with Crippen LogP contribution in [-0.4, -0.2) is 16.2 Å². The highest BCUT2D eigenvalue weighted by molar-refractivity contribution is 5.97. The van der Waals surface area contributed by atoms with E-state index in [1.807, 2.05) is 12.1 Å². The van der Waals surface area contributed by atoms with Gasteiger partial charge < -0.3 is 24.4 Å². The SMILES string of the molecule is C/C=C/Oc1cc(O)cc2c1C1(OC(=O)c3ccccc31)c1ccc(O)cc1O2. The van der Waals surface area contributed by atoms with Crippen LogP contribution in [0.25, 0.3) is 0 Å². The lowest BCUT2D eigenvalue weighted by atomic mass is 9.77. The average molecular weight is 388 g/mol. The van der Waals surface area contributed by atoms with E-state index in [-0.39, 0.29) is 17.2 Å². The van der Waals surface area contributed by atoms with Gasteiger partial charge in [0.05, 0.1) is 17.4 Å². The van der Waals surface area contributed by atoms with E-state index in [1.165, 1.54) is 30.5 Å². The molecule has 1 spiro atoms. The van der Waals surface area contributed by atoms with Crippen LogP contribution in [0.5, 0.6) is 28.7 Å². The molecule has 0 aliphatic carbocycles. The molecule has 1 atom stereocenters. The molecule has 2 aliphatic rings. The second-order valence-corrected chi connectivity index (χ2v) is 6.80. The first-order valence-electron chi connectivity index (χ1n) is 9.04. The lowest BCUT2D eigenvalue weighted by Gasteiger charge is -2.37. The number of fused-ring (bicyclic) bond motifs is 6. The maximum Gasteiger partial charge on any atom is 0.340 e. The molecular weight excluding hydrogens is 372 g/mol. The summed E-state index contributed by atoms with van der Waals surface area (Å²) < 4.78 is 17.8. The number of hydrogen-bond donors (Lipinski definition) is 2. The summed E-state index contributed by atoms with van der Waals surface area (Å²) in [5.41, 5.74) is 0.749. The molecule has 144 valence electrons. The van der Waals surface area contributed by atoms with Gasteiger partial charge in [0.2, 0.25) is 0 Å². The van der Waals surface area contributed by atoms with Gasteiger partial charge in [0.1, 0.15) is 28.7 Å². The Morgan fingerprint density at radius 3 is 2.59 bits per heavy atom. The van der Waals surface area contributed by atoms with Crippen LogP contribution in [0.4, 0.5) is 0 Å². The van der Waals surface area contributed by atoms with Gasteiger partial charge in [0, 0.05) is 29.3 Å². The Balaban J connectivity index is 1.91. The van der Waals surface area contributed by atoms with Gasteiger partial charge in [-0.3, -0.25) is 0 Å². The number of phenolic OH excluding ortho intramolecular Hbond substituents is 2. The molecule has 2 N–H and O–H groups in total. The molecule has 2 aliphatic heterocycles. The van der Waals surface area contributed by atoms with Crippen LogP contribution in [-0.2, 0) is 10.3 Å². The quantitative estimate of drug-likeness (QED) is 0.494. The molecule has 6 heteroatoms. The summed E-state index contributed by atoms with van der Waals surface area (Å²) in [4.78, 5) is 12.8. The van der Waals surface area contributed by atoms with Crippen molar-refractivity contribution in [1.29, 1.82) is 0 Å². The van der Waals surface area contributed by atoms with Crippen molar-refractivity contribution in [3.63, 3.8) is 0 Å². The molecule has 0 fully saturated rings. The van der Waals surface area contributed by atoms with Crippen LogP contribution in [0.1, 0.15) is 34.0 Å². The number of benzene rings is 3. The number of aromatic hydroxyl groups is 2. The molecule has 5 rings (SSSR count). The maximum absolute atomic E-state index is 12.8. The molecule has 3 aromatic rings. The van der Waals surface area contributed by atoms with E-state index in [1.54, 1.807) is 31.2 Å². The Morgan fingerprint density at radius 2 is 1.76 bits per heavy atom. The zero-order valence-electron chi connectivity index (χ0n) is 15.4. The number of carbonyl (C=O) groups is 1. The second kappa shape index (κ2) is 6.04. The first-order valence-corrected chi connectivity index (χ1v) is 9.04. The van der Waals surface area contributed by atoms with Gasteiger partial charge in [-0.05, 0) is 25.1 Å². The number of ether oxygens (including phenoxy) is 3. The summed E-state index contributed by atoms with van der Waals surface area (Å²) >= 11 is 0. The molecule has 29 heavy (non-hydrogen) atoms. The lowest BCUT2D eigenvalue weighted by Crippen LogP contribution is -2.33. The summed E-state index contributed by atoms with van der Waals surface area (Å²) in [5, 5.41) is 20.2. The number of rotatable bonds is 2. The van der Waals surface area contributed by atoms with E-state index in [4.69, 9.17) is 14.2 Å². The third-order valence-electron chi connectivity index (χ3n) is 5.07. The highest BCUT2D eigenvalue weighted by atomic mass is 16.6. The topological polar surface area (TPSA) is 85.2 Å². The average Bonchev–Trinajstić information content (AvgIpc) is 2.99. The van der Waals surface area contributed by atoms with Gasteiger partial charge in [-0.15, -0.1) is 0 Å². The third kappa shape index (κ3) is 2.32. The second-order valence-electron chi connectivity index (χ2n) is 6.80. The minimum absolute atomic E-state index is 0.00509. The molecular formula is C23H16O6. The summed E-state index contributed by atoms with van der Waals surface area (Å²) in [7, 11) is 0. The zero-order chi connectivity index (χ0) is 20.2. The summed E-state index contributed by atoms with van der Waals surface area (Å²) in [5.74, 6) is 0.348. The molecule has 0 aromatic heterocycles. The summed E-state index contributed by atoms with van der Waals surface area (Å²) in [6.45, 7) is 1.80. The van der Waals surface area contributed by atoms with Gasteiger partial charge in [0.25, 0.3) is 0 Å². The normalized spacial score (nSPS) is 18.7. The molecule has 0 radical (unpaired) electrons. The Kier molecular flexibility index (Phi) is 3.58. The number of phenols is 2. The fourth-order valence-electron chi connectivity index (χ4n) is 3.98. The highest BCUT2D eigenvalue weighted by Gasteiger charge is 2.55. The Bertz CT molecular complexity index is 1200. The lowest BCUT2D eigenvalue weighted by molar-refractivity contribution is 0.0218. The van der Waals surface area contributed by atoms with E-state index in [9.17, 15) is 15.0 Å². The van der Waals surface area contributed by atoms with Crippen molar-refractivity contribution in [3.8, 4) is 28.7 Å². The molecule has 0 amide bonds. The maximum atomic E-state index is 12.8. The van der Waals surface area contributed by atoms with E-state index < -0.39 is 11.6 Å². The van der Waals surface area contributed by atoms with Crippen molar-refractivity contribution in [2.24, 2.45) is 0 Å². The predicted octanol–water partition coefficient (Wildman–Crippen LogP) is 4.58. The molecule has 1 unspecified atom stereocenters. The van der Waals surface area contributed by atoms with Crippen LogP contribution in [0, 0.1) is 0 Å². The molecule has 0 bridgehead atoms. The van der Waals surface area contributed by atoms with Crippen LogP contribution >= 0.6 is 0 Å². The molecule has 3 aromatic carbocycles.